The van der Waals surface area contributed by atoms with E-state index in [1.807, 2.05) is 18.0 Å². The summed E-state index contributed by atoms with van der Waals surface area (Å²) in [5.74, 6) is 0.892. The van der Waals surface area contributed by atoms with Crippen LogP contribution in [0.5, 0.6) is 0 Å². The normalized spacial score (nSPS) is 23.5. The van der Waals surface area contributed by atoms with E-state index in [1.165, 1.54) is 42.7 Å². The number of thioether (sulfide) groups is 1. The molecule has 2 rings (SSSR count). The lowest BCUT2D eigenvalue weighted by Crippen LogP contribution is -2.15. The van der Waals surface area contributed by atoms with Crippen LogP contribution >= 0.6 is 11.8 Å². The average Bonchev–Trinajstić information content (AvgIpc) is 2.41. The summed E-state index contributed by atoms with van der Waals surface area (Å²) in [6, 6.07) is 4.40. The molecule has 0 aromatic carbocycles. The minimum absolute atomic E-state index is 0.778. The fourth-order valence-corrected chi connectivity index (χ4v) is 3.96. The molecule has 1 aliphatic carbocycles. The van der Waals surface area contributed by atoms with Gasteiger partial charge in [-0.3, -0.25) is 0 Å². The Kier molecular flexibility index (Phi) is 6.18. The van der Waals surface area contributed by atoms with Crippen LogP contribution in [-0.4, -0.2) is 16.8 Å². The minimum Gasteiger partial charge on any atom is -0.313 e. The van der Waals surface area contributed by atoms with Gasteiger partial charge in [-0.25, -0.2) is 4.98 Å². The molecule has 0 aliphatic heterocycles. The summed E-state index contributed by atoms with van der Waals surface area (Å²) in [6.07, 6.45) is 8.71. The first-order valence-electron chi connectivity index (χ1n) is 7.60. The Morgan fingerprint density at radius 3 is 2.95 bits per heavy atom. The summed E-state index contributed by atoms with van der Waals surface area (Å²) in [6.45, 7) is 6.58. The maximum atomic E-state index is 4.60. The standard InChI is InChI=1S/C16H26N2S/c1-3-9-17-11-14-7-8-16(18-12-14)19-15-6-4-5-13(2)10-15/h7-8,12-13,15,17H,3-6,9-11H2,1-2H3. The summed E-state index contributed by atoms with van der Waals surface area (Å²) in [5.41, 5.74) is 1.29. The molecular weight excluding hydrogens is 252 g/mol. The molecule has 1 saturated carbocycles. The van der Waals surface area contributed by atoms with E-state index in [0.717, 1.165) is 24.3 Å². The Labute approximate surface area is 121 Å². The van der Waals surface area contributed by atoms with Crippen molar-refractivity contribution < 1.29 is 0 Å². The van der Waals surface area contributed by atoms with Gasteiger partial charge < -0.3 is 5.32 Å². The van der Waals surface area contributed by atoms with E-state index in [-0.39, 0.29) is 0 Å². The SMILES string of the molecule is CCCNCc1ccc(SC2CCCC(C)C2)nc1. The first-order chi connectivity index (χ1) is 9.28. The zero-order valence-electron chi connectivity index (χ0n) is 12.2. The van der Waals surface area contributed by atoms with Crippen molar-refractivity contribution in [2.24, 2.45) is 5.92 Å². The topological polar surface area (TPSA) is 24.9 Å². The van der Waals surface area contributed by atoms with Crippen molar-refractivity contribution in [2.75, 3.05) is 6.54 Å². The van der Waals surface area contributed by atoms with Crippen LogP contribution in [0.4, 0.5) is 0 Å². The largest absolute Gasteiger partial charge is 0.313 e. The van der Waals surface area contributed by atoms with Crippen LogP contribution in [0.3, 0.4) is 0 Å². The second-order valence-electron chi connectivity index (χ2n) is 5.69. The zero-order chi connectivity index (χ0) is 13.5. The van der Waals surface area contributed by atoms with Gasteiger partial charge in [0.1, 0.15) is 0 Å². The van der Waals surface area contributed by atoms with Gasteiger partial charge in [0.25, 0.3) is 0 Å². The number of pyridine rings is 1. The molecule has 2 nitrogen and oxygen atoms in total. The summed E-state index contributed by atoms with van der Waals surface area (Å²) >= 11 is 1.97. The highest BCUT2D eigenvalue weighted by Gasteiger charge is 2.19. The lowest BCUT2D eigenvalue weighted by Gasteiger charge is -2.25. The van der Waals surface area contributed by atoms with Gasteiger partial charge >= 0.3 is 0 Å². The third-order valence-corrected chi connectivity index (χ3v) is 4.97. The molecule has 1 aromatic rings. The molecule has 0 spiro atoms. The molecule has 2 atom stereocenters. The highest BCUT2D eigenvalue weighted by atomic mass is 32.2. The van der Waals surface area contributed by atoms with Crippen molar-refractivity contribution in [3.8, 4) is 0 Å². The highest BCUT2D eigenvalue weighted by molar-refractivity contribution is 7.99. The molecule has 1 heterocycles. The maximum absolute atomic E-state index is 4.60. The van der Waals surface area contributed by atoms with Crippen LogP contribution < -0.4 is 5.32 Å². The van der Waals surface area contributed by atoms with Crippen LogP contribution in [0.15, 0.2) is 23.4 Å². The van der Waals surface area contributed by atoms with Gasteiger partial charge in [0.2, 0.25) is 0 Å². The molecule has 19 heavy (non-hydrogen) atoms. The van der Waals surface area contributed by atoms with E-state index in [9.17, 15) is 0 Å². The quantitative estimate of drug-likeness (QED) is 0.787. The van der Waals surface area contributed by atoms with Crippen molar-refractivity contribution >= 4 is 11.8 Å². The van der Waals surface area contributed by atoms with E-state index in [1.54, 1.807) is 0 Å². The summed E-state index contributed by atoms with van der Waals surface area (Å²) in [7, 11) is 0. The first-order valence-corrected chi connectivity index (χ1v) is 8.48. The molecule has 1 N–H and O–H groups in total. The highest BCUT2D eigenvalue weighted by Crippen LogP contribution is 2.35. The Hall–Kier alpha value is -0.540. The van der Waals surface area contributed by atoms with Gasteiger partial charge in [-0.15, -0.1) is 11.8 Å². The minimum atomic E-state index is 0.778. The molecule has 0 radical (unpaired) electrons. The third-order valence-electron chi connectivity index (χ3n) is 3.73. The molecular formula is C16H26N2S. The Bertz CT molecular complexity index is 364. The van der Waals surface area contributed by atoms with Crippen molar-refractivity contribution in [3.63, 3.8) is 0 Å². The number of hydrogen-bond donors (Lipinski definition) is 1. The molecule has 106 valence electrons. The van der Waals surface area contributed by atoms with E-state index < -0.39 is 0 Å². The Balaban J connectivity index is 1.81. The van der Waals surface area contributed by atoms with Crippen LogP contribution in [0.2, 0.25) is 0 Å². The van der Waals surface area contributed by atoms with Gasteiger partial charge in [-0.05, 0) is 43.4 Å². The first kappa shape index (κ1) is 14.9. The Morgan fingerprint density at radius 2 is 2.26 bits per heavy atom. The van der Waals surface area contributed by atoms with E-state index >= 15 is 0 Å². The predicted octanol–water partition coefficient (Wildman–Crippen LogP) is 4.25. The van der Waals surface area contributed by atoms with Crippen molar-refractivity contribution in [1.82, 2.24) is 10.3 Å². The van der Waals surface area contributed by atoms with Gasteiger partial charge in [0.05, 0.1) is 5.03 Å². The van der Waals surface area contributed by atoms with Gasteiger partial charge in [0, 0.05) is 18.0 Å². The van der Waals surface area contributed by atoms with Crippen molar-refractivity contribution in [3.05, 3.63) is 23.9 Å². The van der Waals surface area contributed by atoms with Crippen molar-refractivity contribution in [1.29, 1.82) is 0 Å². The predicted molar refractivity (Wildman–Crippen MR) is 83.5 cm³/mol. The van der Waals surface area contributed by atoms with Crippen LogP contribution in [0.1, 0.15) is 51.5 Å². The molecule has 1 aromatic heterocycles. The number of aromatic nitrogens is 1. The second kappa shape index (κ2) is 7.91. The van der Waals surface area contributed by atoms with Crippen LogP contribution in [0, 0.1) is 5.92 Å². The Morgan fingerprint density at radius 1 is 1.37 bits per heavy atom. The smallest absolute Gasteiger partial charge is 0.0962 e. The molecule has 0 saturated heterocycles. The summed E-state index contributed by atoms with van der Waals surface area (Å²) < 4.78 is 0. The van der Waals surface area contributed by atoms with E-state index in [2.05, 4.69) is 36.3 Å². The van der Waals surface area contributed by atoms with Gasteiger partial charge in [-0.2, -0.15) is 0 Å². The van der Waals surface area contributed by atoms with Gasteiger partial charge in [-0.1, -0.05) is 32.8 Å². The second-order valence-corrected chi connectivity index (χ2v) is 7.01. The third kappa shape index (κ3) is 5.15. The zero-order valence-corrected chi connectivity index (χ0v) is 13.0. The fraction of sp³-hybridized carbons (Fsp3) is 0.688. The lowest BCUT2D eigenvalue weighted by atomic mass is 9.91. The summed E-state index contributed by atoms with van der Waals surface area (Å²) in [4.78, 5) is 4.60. The van der Waals surface area contributed by atoms with Gasteiger partial charge in [0.15, 0.2) is 0 Å². The monoisotopic (exact) mass is 278 g/mol. The number of nitrogens with one attached hydrogen (secondary N) is 1. The fourth-order valence-electron chi connectivity index (χ4n) is 2.65. The number of rotatable bonds is 6. The number of hydrogen-bond acceptors (Lipinski definition) is 3. The van der Waals surface area contributed by atoms with Crippen LogP contribution in [-0.2, 0) is 6.54 Å². The molecule has 0 amide bonds. The number of nitrogens with zero attached hydrogens (tertiary/aromatic N) is 1. The van der Waals surface area contributed by atoms with Crippen molar-refractivity contribution in [2.45, 2.75) is 62.8 Å². The molecule has 3 heteroatoms. The lowest BCUT2D eigenvalue weighted by molar-refractivity contribution is 0.394. The average molecular weight is 278 g/mol. The van der Waals surface area contributed by atoms with E-state index in [4.69, 9.17) is 0 Å². The van der Waals surface area contributed by atoms with Crippen LogP contribution in [0.25, 0.3) is 0 Å². The molecule has 2 unspecified atom stereocenters. The summed E-state index contributed by atoms with van der Waals surface area (Å²) in [5, 5.41) is 5.38. The molecule has 0 bridgehead atoms. The molecule has 1 fully saturated rings. The maximum Gasteiger partial charge on any atom is 0.0962 e. The van der Waals surface area contributed by atoms with E-state index in [0.29, 0.717) is 0 Å². The molecule has 1 aliphatic rings.